The van der Waals surface area contributed by atoms with E-state index in [2.05, 4.69) is 17.3 Å². The highest BCUT2D eigenvalue weighted by molar-refractivity contribution is 5.94. The van der Waals surface area contributed by atoms with E-state index in [-0.39, 0.29) is 5.91 Å². The van der Waals surface area contributed by atoms with Crippen molar-refractivity contribution in [3.05, 3.63) is 47.8 Å². The molecule has 0 bridgehead atoms. The van der Waals surface area contributed by atoms with Gasteiger partial charge in [0.15, 0.2) is 0 Å². The molecule has 0 atom stereocenters. The first-order valence-corrected chi connectivity index (χ1v) is 6.68. The molecule has 5 nitrogen and oxygen atoms in total. The number of benzene rings is 1. The number of aromatic nitrogens is 2. The van der Waals surface area contributed by atoms with E-state index in [1.807, 2.05) is 35.0 Å². The van der Waals surface area contributed by atoms with Crippen LogP contribution in [0.2, 0.25) is 0 Å². The van der Waals surface area contributed by atoms with Crippen molar-refractivity contribution < 1.29 is 4.79 Å². The lowest BCUT2D eigenvalue weighted by atomic mass is 10.2. The van der Waals surface area contributed by atoms with Crippen LogP contribution in [-0.4, -0.2) is 34.7 Å². The predicted molar refractivity (Wildman–Crippen MR) is 79.7 cm³/mol. The molecular formula is C15H20N4O. The van der Waals surface area contributed by atoms with Gasteiger partial charge in [0.2, 0.25) is 0 Å². The van der Waals surface area contributed by atoms with Gasteiger partial charge >= 0.3 is 0 Å². The maximum Gasteiger partial charge on any atom is 0.253 e. The normalized spacial score (nSPS) is 10.3. The van der Waals surface area contributed by atoms with Crippen molar-refractivity contribution in [1.29, 1.82) is 0 Å². The van der Waals surface area contributed by atoms with Crippen LogP contribution in [0.25, 0.3) is 0 Å². The Bertz CT molecular complexity index is 572. The van der Waals surface area contributed by atoms with Crippen LogP contribution in [0.4, 0.5) is 5.69 Å². The third-order valence-electron chi connectivity index (χ3n) is 3.12. The second kappa shape index (κ2) is 6.23. The van der Waals surface area contributed by atoms with Gasteiger partial charge in [-0.2, -0.15) is 5.10 Å². The maximum atomic E-state index is 11.8. The van der Waals surface area contributed by atoms with Crippen molar-refractivity contribution in [3.63, 3.8) is 0 Å². The summed E-state index contributed by atoms with van der Waals surface area (Å²) >= 11 is 0. The van der Waals surface area contributed by atoms with E-state index in [4.69, 9.17) is 0 Å². The van der Waals surface area contributed by atoms with Crippen LogP contribution in [0.15, 0.2) is 36.5 Å². The van der Waals surface area contributed by atoms with Gasteiger partial charge in [-0.1, -0.05) is 0 Å². The molecule has 0 aliphatic carbocycles. The van der Waals surface area contributed by atoms with Crippen molar-refractivity contribution in [2.45, 2.75) is 20.0 Å². The lowest BCUT2D eigenvalue weighted by Crippen LogP contribution is -2.21. The van der Waals surface area contributed by atoms with E-state index in [1.54, 1.807) is 25.2 Å². The fourth-order valence-corrected chi connectivity index (χ4v) is 1.98. The first-order valence-electron chi connectivity index (χ1n) is 6.68. The summed E-state index contributed by atoms with van der Waals surface area (Å²) in [6, 6.07) is 9.51. The topological polar surface area (TPSA) is 50.2 Å². The SMILES string of the molecule is CCn1nccc1CNc1ccc(C(=O)N(C)C)cc1. The molecule has 2 rings (SSSR count). The number of nitrogens with zero attached hydrogens (tertiary/aromatic N) is 3. The quantitative estimate of drug-likeness (QED) is 0.908. The average Bonchev–Trinajstić information content (AvgIpc) is 2.92. The minimum atomic E-state index is 0.0145. The summed E-state index contributed by atoms with van der Waals surface area (Å²) in [5, 5.41) is 7.56. The van der Waals surface area contributed by atoms with Gasteiger partial charge in [0.1, 0.15) is 0 Å². The monoisotopic (exact) mass is 272 g/mol. The molecule has 0 saturated heterocycles. The molecule has 1 aromatic heterocycles. The third kappa shape index (κ3) is 3.17. The van der Waals surface area contributed by atoms with Gasteiger partial charge in [0, 0.05) is 38.1 Å². The number of rotatable bonds is 5. The van der Waals surface area contributed by atoms with E-state index in [9.17, 15) is 4.79 Å². The molecule has 1 aromatic carbocycles. The number of carbonyl (C=O) groups excluding carboxylic acids is 1. The summed E-state index contributed by atoms with van der Waals surface area (Å²) < 4.78 is 1.96. The predicted octanol–water partition coefficient (Wildman–Crippen LogP) is 2.22. The zero-order valence-corrected chi connectivity index (χ0v) is 12.1. The van der Waals surface area contributed by atoms with Gasteiger partial charge in [0.25, 0.3) is 5.91 Å². The number of hydrogen-bond acceptors (Lipinski definition) is 3. The Balaban J connectivity index is 1.99. The summed E-state index contributed by atoms with van der Waals surface area (Å²) in [6.45, 7) is 3.65. The van der Waals surface area contributed by atoms with Crippen LogP contribution in [0.5, 0.6) is 0 Å². The van der Waals surface area contributed by atoms with Crippen molar-refractivity contribution in [3.8, 4) is 0 Å². The molecule has 2 aromatic rings. The van der Waals surface area contributed by atoms with Crippen molar-refractivity contribution in [1.82, 2.24) is 14.7 Å². The summed E-state index contributed by atoms with van der Waals surface area (Å²) in [4.78, 5) is 13.3. The standard InChI is InChI=1S/C15H20N4O/c1-4-19-14(9-10-17-19)11-16-13-7-5-12(6-8-13)15(20)18(2)3/h5-10,16H,4,11H2,1-3H3. The zero-order valence-electron chi connectivity index (χ0n) is 12.1. The summed E-state index contributed by atoms with van der Waals surface area (Å²) in [5.74, 6) is 0.0145. The van der Waals surface area contributed by atoms with Gasteiger partial charge in [-0.05, 0) is 37.3 Å². The van der Waals surface area contributed by atoms with E-state index >= 15 is 0 Å². The minimum absolute atomic E-state index is 0.0145. The molecule has 1 N–H and O–H groups in total. The van der Waals surface area contributed by atoms with Gasteiger partial charge in [-0.3, -0.25) is 9.48 Å². The van der Waals surface area contributed by atoms with Crippen molar-refractivity contribution in [2.75, 3.05) is 19.4 Å². The zero-order chi connectivity index (χ0) is 14.5. The summed E-state index contributed by atoms with van der Waals surface area (Å²) in [6.07, 6.45) is 1.80. The number of nitrogens with one attached hydrogen (secondary N) is 1. The largest absolute Gasteiger partial charge is 0.379 e. The number of hydrogen-bond donors (Lipinski definition) is 1. The van der Waals surface area contributed by atoms with Gasteiger partial charge in [0.05, 0.1) is 12.2 Å². The smallest absolute Gasteiger partial charge is 0.253 e. The molecule has 0 aliphatic rings. The number of amides is 1. The Morgan fingerprint density at radius 2 is 1.95 bits per heavy atom. The van der Waals surface area contributed by atoms with Gasteiger partial charge in [-0.15, -0.1) is 0 Å². The van der Waals surface area contributed by atoms with Crippen LogP contribution >= 0.6 is 0 Å². The molecule has 106 valence electrons. The van der Waals surface area contributed by atoms with Crippen LogP contribution < -0.4 is 5.32 Å². The van der Waals surface area contributed by atoms with Crippen LogP contribution in [0.3, 0.4) is 0 Å². The molecule has 1 amide bonds. The Morgan fingerprint density at radius 3 is 2.55 bits per heavy atom. The molecular weight excluding hydrogens is 252 g/mol. The Hall–Kier alpha value is -2.30. The van der Waals surface area contributed by atoms with Crippen molar-refractivity contribution in [2.24, 2.45) is 0 Å². The van der Waals surface area contributed by atoms with Crippen molar-refractivity contribution >= 4 is 11.6 Å². The molecule has 0 unspecified atom stereocenters. The molecule has 0 fully saturated rings. The highest BCUT2D eigenvalue weighted by Crippen LogP contribution is 2.12. The first-order chi connectivity index (χ1) is 9.61. The Kier molecular flexibility index (Phi) is 4.40. The molecule has 1 heterocycles. The van der Waals surface area contributed by atoms with Gasteiger partial charge in [-0.25, -0.2) is 0 Å². The number of aryl methyl sites for hydroxylation is 1. The van der Waals surface area contributed by atoms with Crippen LogP contribution in [0.1, 0.15) is 23.0 Å². The van der Waals surface area contributed by atoms with E-state index in [0.29, 0.717) is 5.56 Å². The number of carbonyl (C=O) groups is 1. The minimum Gasteiger partial charge on any atom is -0.379 e. The lowest BCUT2D eigenvalue weighted by molar-refractivity contribution is 0.0827. The lowest BCUT2D eigenvalue weighted by Gasteiger charge is -2.11. The number of anilines is 1. The highest BCUT2D eigenvalue weighted by atomic mass is 16.2. The molecule has 0 radical (unpaired) electrons. The third-order valence-corrected chi connectivity index (χ3v) is 3.12. The Morgan fingerprint density at radius 1 is 1.25 bits per heavy atom. The van der Waals surface area contributed by atoms with Gasteiger partial charge < -0.3 is 10.2 Å². The molecule has 5 heteroatoms. The first kappa shape index (κ1) is 14.1. The second-order valence-corrected chi connectivity index (χ2v) is 4.77. The van der Waals surface area contributed by atoms with E-state index in [0.717, 1.165) is 24.5 Å². The molecule has 20 heavy (non-hydrogen) atoms. The van der Waals surface area contributed by atoms with E-state index < -0.39 is 0 Å². The molecule has 0 spiro atoms. The Labute approximate surface area is 119 Å². The van der Waals surface area contributed by atoms with Crippen LogP contribution in [0, 0.1) is 0 Å². The summed E-state index contributed by atoms with van der Waals surface area (Å²) in [7, 11) is 3.50. The maximum absolute atomic E-state index is 11.8. The van der Waals surface area contributed by atoms with E-state index in [1.165, 1.54) is 0 Å². The summed E-state index contributed by atoms with van der Waals surface area (Å²) in [5.41, 5.74) is 2.82. The average molecular weight is 272 g/mol. The fourth-order valence-electron chi connectivity index (χ4n) is 1.98. The molecule has 0 saturated carbocycles. The molecule has 0 aliphatic heterocycles. The van der Waals surface area contributed by atoms with Crippen LogP contribution in [-0.2, 0) is 13.1 Å². The fraction of sp³-hybridized carbons (Fsp3) is 0.333. The highest BCUT2D eigenvalue weighted by Gasteiger charge is 2.07. The second-order valence-electron chi connectivity index (χ2n) is 4.77.